The SMILES string of the molecule is C=C(/C=C(/C)C=NC)c1cnc(C2CC3(CC3)c3ccc(C(=O)CCC)cc32)nc1.CC. The Hall–Kier alpha value is -2.88. The first-order valence-electron chi connectivity index (χ1n) is 11.8. The lowest BCUT2D eigenvalue weighted by Crippen LogP contribution is -2.06. The molecule has 2 aromatic rings. The summed E-state index contributed by atoms with van der Waals surface area (Å²) in [5.74, 6) is 1.22. The molecule has 0 amide bonds. The van der Waals surface area contributed by atoms with E-state index in [1.807, 2.05) is 58.4 Å². The highest BCUT2D eigenvalue weighted by molar-refractivity contribution is 5.96. The highest BCUT2D eigenvalue weighted by Crippen LogP contribution is 2.61. The summed E-state index contributed by atoms with van der Waals surface area (Å²) in [6.45, 7) is 12.2. The Morgan fingerprint density at radius 2 is 1.91 bits per heavy atom. The van der Waals surface area contributed by atoms with Crippen molar-refractivity contribution in [2.75, 3.05) is 7.05 Å². The Bertz CT molecular complexity index is 1040. The van der Waals surface area contributed by atoms with Gasteiger partial charge in [0.1, 0.15) is 5.82 Å². The monoisotopic (exact) mass is 429 g/mol. The second kappa shape index (κ2) is 10.2. The lowest BCUT2D eigenvalue weighted by molar-refractivity contribution is 0.0981. The van der Waals surface area contributed by atoms with Crippen LogP contribution in [0, 0.1) is 0 Å². The first-order chi connectivity index (χ1) is 15.5. The predicted molar refractivity (Wildman–Crippen MR) is 134 cm³/mol. The van der Waals surface area contributed by atoms with Crippen LogP contribution in [0.25, 0.3) is 5.57 Å². The molecule has 168 valence electrons. The quantitative estimate of drug-likeness (QED) is 0.279. The third kappa shape index (κ3) is 4.79. The van der Waals surface area contributed by atoms with Crippen LogP contribution in [-0.2, 0) is 5.41 Å². The molecule has 1 spiro atoms. The van der Waals surface area contributed by atoms with Crippen molar-refractivity contribution < 1.29 is 4.79 Å². The van der Waals surface area contributed by atoms with Gasteiger partial charge in [0.05, 0.1) is 0 Å². The second-order valence-electron chi connectivity index (χ2n) is 8.64. The molecular weight excluding hydrogens is 394 g/mol. The predicted octanol–water partition coefficient (Wildman–Crippen LogP) is 6.71. The maximum Gasteiger partial charge on any atom is 0.162 e. The highest BCUT2D eigenvalue weighted by atomic mass is 16.1. The molecule has 0 N–H and O–H groups in total. The van der Waals surface area contributed by atoms with E-state index in [0.29, 0.717) is 6.42 Å². The Morgan fingerprint density at radius 3 is 2.50 bits per heavy atom. The fourth-order valence-corrected chi connectivity index (χ4v) is 4.63. The standard InChI is InChI=1S/C26H29N3O.C2H6/c1-5-6-24(30)19-7-8-23-21(12-19)22(13-26(23)9-10-26)25-28-15-20(16-29-25)18(3)11-17(2)14-27-4;1-2/h7-8,11-12,14-16,22H,3,5-6,9-10,13H2,1-2,4H3;1-2H3/b17-11-,27-14?;. The van der Waals surface area contributed by atoms with Gasteiger partial charge in [-0.05, 0) is 66.4 Å². The van der Waals surface area contributed by atoms with E-state index in [4.69, 9.17) is 9.97 Å². The fraction of sp³-hybridized carbons (Fsp3) is 0.429. The molecule has 4 heteroatoms. The van der Waals surface area contributed by atoms with Crippen LogP contribution in [0.5, 0.6) is 0 Å². The van der Waals surface area contributed by atoms with Crippen LogP contribution in [0.2, 0.25) is 0 Å². The number of fused-ring (bicyclic) bond motifs is 2. The van der Waals surface area contributed by atoms with E-state index in [1.54, 1.807) is 7.05 Å². The molecule has 4 nitrogen and oxygen atoms in total. The van der Waals surface area contributed by atoms with Crippen LogP contribution in [-0.4, -0.2) is 29.0 Å². The molecule has 1 heterocycles. The van der Waals surface area contributed by atoms with E-state index in [0.717, 1.165) is 40.9 Å². The van der Waals surface area contributed by atoms with Gasteiger partial charge in [-0.15, -0.1) is 0 Å². The van der Waals surface area contributed by atoms with Crippen LogP contribution >= 0.6 is 0 Å². The van der Waals surface area contributed by atoms with Crippen LogP contribution in [0.4, 0.5) is 0 Å². The number of nitrogens with zero attached hydrogens (tertiary/aromatic N) is 3. The summed E-state index contributed by atoms with van der Waals surface area (Å²) in [4.78, 5) is 25.9. The van der Waals surface area contributed by atoms with Gasteiger partial charge in [0.25, 0.3) is 0 Å². The molecule has 0 bridgehead atoms. The zero-order chi connectivity index (χ0) is 23.3. The molecule has 32 heavy (non-hydrogen) atoms. The van der Waals surface area contributed by atoms with Crippen molar-refractivity contribution in [3.05, 3.63) is 76.9 Å². The largest absolute Gasteiger partial charge is 0.296 e. The van der Waals surface area contributed by atoms with Gasteiger partial charge < -0.3 is 0 Å². The van der Waals surface area contributed by atoms with Crippen LogP contribution in [0.1, 0.15) is 98.6 Å². The molecule has 0 aliphatic heterocycles. The van der Waals surface area contributed by atoms with Gasteiger partial charge in [0.15, 0.2) is 5.78 Å². The van der Waals surface area contributed by atoms with Crippen molar-refractivity contribution in [2.24, 2.45) is 4.99 Å². The molecule has 1 aromatic heterocycles. The number of ketones is 1. The van der Waals surface area contributed by atoms with Crippen molar-refractivity contribution in [3.8, 4) is 0 Å². The van der Waals surface area contributed by atoms with E-state index >= 15 is 0 Å². The molecule has 0 radical (unpaired) electrons. The van der Waals surface area contributed by atoms with Crippen molar-refractivity contribution >= 4 is 17.6 Å². The summed E-state index contributed by atoms with van der Waals surface area (Å²) in [5.41, 5.74) is 6.56. The number of carbonyl (C=O) groups excluding carboxylic acids is 1. The average molecular weight is 430 g/mol. The number of aliphatic imine (C=N–C) groups is 1. The van der Waals surface area contributed by atoms with Gasteiger partial charge >= 0.3 is 0 Å². The second-order valence-corrected chi connectivity index (χ2v) is 8.64. The molecule has 4 rings (SSSR count). The van der Waals surface area contributed by atoms with Crippen molar-refractivity contribution in [3.63, 3.8) is 0 Å². The number of rotatable bonds is 7. The van der Waals surface area contributed by atoms with E-state index < -0.39 is 0 Å². The smallest absolute Gasteiger partial charge is 0.162 e. The van der Waals surface area contributed by atoms with Gasteiger partial charge in [-0.1, -0.05) is 45.6 Å². The zero-order valence-electron chi connectivity index (χ0n) is 20.1. The minimum Gasteiger partial charge on any atom is -0.296 e. The lowest BCUT2D eigenvalue weighted by atomic mass is 9.95. The fourth-order valence-electron chi connectivity index (χ4n) is 4.63. The molecule has 2 aliphatic rings. The minimum absolute atomic E-state index is 0.156. The van der Waals surface area contributed by atoms with Crippen molar-refractivity contribution in [1.29, 1.82) is 0 Å². The summed E-state index contributed by atoms with van der Waals surface area (Å²) < 4.78 is 0. The zero-order valence-corrected chi connectivity index (χ0v) is 20.1. The van der Waals surface area contributed by atoms with Crippen molar-refractivity contribution in [2.45, 2.75) is 71.1 Å². The number of aromatic nitrogens is 2. The summed E-state index contributed by atoms with van der Waals surface area (Å²) in [6.07, 6.45) is 12.5. The maximum atomic E-state index is 12.5. The first-order valence-corrected chi connectivity index (χ1v) is 11.8. The lowest BCUT2D eigenvalue weighted by Gasteiger charge is -2.12. The highest BCUT2D eigenvalue weighted by Gasteiger charge is 2.53. The van der Waals surface area contributed by atoms with Crippen LogP contribution in [0.3, 0.4) is 0 Å². The maximum absolute atomic E-state index is 12.5. The van der Waals surface area contributed by atoms with Gasteiger partial charge in [-0.25, -0.2) is 9.97 Å². The van der Waals surface area contributed by atoms with Gasteiger partial charge in [-0.3, -0.25) is 9.79 Å². The van der Waals surface area contributed by atoms with Crippen LogP contribution in [0.15, 0.2) is 53.8 Å². The third-order valence-electron chi connectivity index (χ3n) is 6.33. The van der Waals surface area contributed by atoms with Gasteiger partial charge in [0, 0.05) is 49.1 Å². The number of carbonyl (C=O) groups is 1. The van der Waals surface area contributed by atoms with E-state index in [-0.39, 0.29) is 17.1 Å². The minimum atomic E-state index is 0.156. The number of benzene rings is 1. The third-order valence-corrected chi connectivity index (χ3v) is 6.33. The topological polar surface area (TPSA) is 55.2 Å². The van der Waals surface area contributed by atoms with E-state index in [9.17, 15) is 4.79 Å². The van der Waals surface area contributed by atoms with E-state index in [2.05, 4.69) is 23.7 Å². The summed E-state index contributed by atoms with van der Waals surface area (Å²) in [5, 5.41) is 0. The first kappa shape index (κ1) is 23.8. The van der Waals surface area contributed by atoms with Gasteiger partial charge in [-0.2, -0.15) is 0 Å². The molecule has 0 saturated heterocycles. The Morgan fingerprint density at radius 1 is 1.22 bits per heavy atom. The molecule has 1 aromatic carbocycles. The van der Waals surface area contributed by atoms with Crippen molar-refractivity contribution in [1.82, 2.24) is 9.97 Å². The number of hydrogen-bond acceptors (Lipinski definition) is 4. The summed E-state index contributed by atoms with van der Waals surface area (Å²) in [7, 11) is 1.76. The Kier molecular flexibility index (Phi) is 7.55. The molecule has 1 atom stereocenters. The van der Waals surface area contributed by atoms with E-state index in [1.165, 1.54) is 24.0 Å². The summed E-state index contributed by atoms with van der Waals surface area (Å²) in [6, 6.07) is 6.31. The number of allylic oxidation sites excluding steroid dienone is 3. The molecule has 1 fully saturated rings. The summed E-state index contributed by atoms with van der Waals surface area (Å²) >= 11 is 0. The molecule has 1 unspecified atom stereocenters. The Balaban J connectivity index is 0.00000141. The number of Topliss-reactive ketones (excluding diaryl/α,β-unsaturated/α-hetero) is 1. The number of hydrogen-bond donors (Lipinski definition) is 0. The normalized spacial score (nSPS) is 18.3. The molecule has 1 saturated carbocycles. The average Bonchev–Trinajstić information content (AvgIpc) is 3.52. The molecular formula is C28H35N3O. The molecule has 2 aliphatic carbocycles. The Labute approximate surface area is 192 Å². The van der Waals surface area contributed by atoms with Gasteiger partial charge in [0.2, 0.25) is 0 Å². The van der Waals surface area contributed by atoms with Crippen LogP contribution < -0.4 is 0 Å².